The summed E-state index contributed by atoms with van der Waals surface area (Å²) in [6, 6.07) is 10.6. The average Bonchev–Trinajstić information content (AvgIpc) is 2.69. The van der Waals surface area contributed by atoms with Gasteiger partial charge in [0.2, 0.25) is 6.73 Å². The number of nitrogens with one attached hydrogen (secondary N) is 1. The van der Waals surface area contributed by atoms with Crippen molar-refractivity contribution in [3.63, 3.8) is 0 Å². The van der Waals surface area contributed by atoms with Crippen LogP contribution in [-0.4, -0.2) is 6.73 Å². The molecule has 28 heavy (non-hydrogen) atoms. The monoisotopic (exact) mass is 382 g/mol. The third kappa shape index (κ3) is 3.54. The van der Waals surface area contributed by atoms with Crippen LogP contribution in [0.4, 0.5) is 4.39 Å². The highest BCUT2D eigenvalue weighted by Gasteiger charge is 2.26. The lowest BCUT2D eigenvalue weighted by molar-refractivity contribution is -0.945. The average molecular weight is 382 g/mol. The molecule has 1 unspecified atom stereocenters. The van der Waals surface area contributed by atoms with Gasteiger partial charge in [0.25, 0.3) is 0 Å². The van der Waals surface area contributed by atoms with E-state index in [-0.39, 0.29) is 11.4 Å². The number of fused-ring (bicyclic) bond motifs is 2. The Kier molecular flexibility index (Phi) is 5.18. The van der Waals surface area contributed by atoms with E-state index in [0.29, 0.717) is 24.4 Å². The summed E-state index contributed by atoms with van der Waals surface area (Å²) < 4.78 is 25.6. The van der Waals surface area contributed by atoms with Gasteiger partial charge in [-0.3, -0.25) is 4.90 Å². The minimum absolute atomic E-state index is 0.181. The Balaban J connectivity index is 1.71. The number of hydrogen-bond donors (Lipinski definition) is 1. The quantitative estimate of drug-likeness (QED) is 0.687. The van der Waals surface area contributed by atoms with Crippen molar-refractivity contribution in [2.24, 2.45) is 0 Å². The fourth-order valence-electron chi connectivity index (χ4n) is 4.00. The van der Waals surface area contributed by atoms with Crippen molar-refractivity contribution in [3.8, 4) is 5.75 Å². The van der Waals surface area contributed by atoms with Crippen LogP contribution in [-0.2, 0) is 19.5 Å². The maximum atomic E-state index is 14.0. The molecule has 3 aromatic rings. The highest BCUT2D eigenvalue weighted by molar-refractivity contribution is 5.86. The molecule has 0 bridgehead atoms. The Morgan fingerprint density at radius 2 is 2.00 bits per heavy atom. The van der Waals surface area contributed by atoms with Crippen molar-refractivity contribution in [3.05, 3.63) is 74.9 Å². The van der Waals surface area contributed by atoms with E-state index in [1.165, 1.54) is 6.07 Å². The summed E-state index contributed by atoms with van der Waals surface area (Å²) >= 11 is 0. The molecule has 0 aliphatic carbocycles. The molecule has 1 N–H and O–H groups in total. The van der Waals surface area contributed by atoms with Gasteiger partial charge in [0, 0.05) is 28.1 Å². The van der Waals surface area contributed by atoms with Crippen molar-refractivity contribution in [1.29, 1.82) is 0 Å². The SMILES string of the molecule is CCCCc1cc(=O)oc2c(C)c3c(cc12)C[NH+](Cc1ccccc1F)CO3. The minimum Gasteiger partial charge on any atom is -0.444 e. The zero-order valence-corrected chi connectivity index (χ0v) is 16.3. The zero-order valence-electron chi connectivity index (χ0n) is 16.3. The van der Waals surface area contributed by atoms with Crippen LogP contribution in [0.25, 0.3) is 11.0 Å². The fourth-order valence-corrected chi connectivity index (χ4v) is 4.00. The van der Waals surface area contributed by atoms with Crippen molar-refractivity contribution in [2.75, 3.05) is 6.73 Å². The van der Waals surface area contributed by atoms with Gasteiger partial charge < -0.3 is 9.15 Å². The normalized spacial score (nSPS) is 16.0. The highest BCUT2D eigenvalue weighted by Crippen LogP contribution is 2.33. The lowest BCUT2D eigenvalue weighted by Crippen LogP contribution is -3.11. The molecule has 0 amide bonds. The van der Waals surface area contributed by atoms with Gasteiger partial charge in [-0.15, -0.1) is 0 Å². The van der Waals surface area contributed by atoms with Gasteiger partial charge in [0.15, 0.2) is 0 Å². The third-order valence-electron chi connectivity index (χ3n) is 5.44. The van der Waals surface area contributed by atoms with E-state index in [4.69, 9.17) is 9.15 Å². The largest absolute Gasteiger partial charge is 0.444 e. The number of benzene rings is 2. The van der Waals surface area contributed by atoms with Gasteiger partial charge in [-0.25, -0.2) is 9.18 Å². The van der Waals surface area contributed by atoms with Gasteiger partial charge in [0.1, 0.15) is 30.2 Å². The molecule has 2 heterocycles. The van der Waals surface area contributed by atoms with Crippen LogP contribution in [0.5, 0.6) is 5.75 Å². The van der Waals surface area contributed by atoms with Gasteiger partial charge in [0.05, 0.1) is 0 Å². The topological polar surface area (TPSA) is 43.9 Å². The van der Waals surface area contributed by atoms with Crippen molar-refractivity contribution < 1.29 is 18.4 Å². The smallest absolute Gasteiger partial charge is 0.336 e. The molecule has 4 nitrogen and oxygen atoms in total. The summed E-state index contributed by atoms with van der Waals surface area (Å²) in [6.45, 7) is 5.84. The predicted molar refractivity (Wildman–Crippen MR) is 106 cm³/mol. The van der Waals surface area contributed by atoms with E-state index < -0.39 is 0 Å². The zero-order chi connectivity index (χ0) is 19.7. The summed E-state index contributed by atoms with van der Waals surface area (Å²) in [5.41, 5.74) is 3.97. The Hall–Kier alpha value is -2.66. The Morgan fingerprint density at radius 3 is 2.79 bits per heavy atom. The van der Waals surface area contributed by atoms with E-state index in [1.807, 2.05) is 19.1 Å². The minimum atomic E-state index is -0.315. The number of unbranched alkanes of at least 4 members (excludes halogenated alkanes) is 1. The first-order chi connectivity index (χ1) is 13.6. The maximum absolute atomic E-state index is 14.0. The van der Waals surface area contributed by atoms with E-state index in [9.17, 15) is 9.18 Å². The molecule has 1 atom stereocenters. The summed E-state index contributed by atoms with van der Waals surface area (Å²) in [5.74, 6) is 0.611. The number of halogens is 1. The molecular weight excluding hydrogens is 357 g/mol. The Bertz CT molecular complexity index is 1070. The fraction of sp³-hybridized carbons (Fsp3) is 0.348. The number of hydrogen-bond acceptors (Lipinski definition) is 3. The molecule has 1 aliphatic rings. The van der Waals surface area contributed by atoms with Gasteiger partial charge in [-0.1, -0.05) is 31.5 Å². The molecule has 5 heteroatoms. The first-order valence-electron chi connectivity index (χ1n) is 9.85. The number of rotatable bonds is 5. The third-order valence-corrected chi connectivity index (χ3v) is 5.44. The summed E-state index contributed by atoms with van der Waals surface area (Å²) in [6.07, 6.45) is 2.94. The van der Waals surface area contributed by atoms with Crippen LogP contribution < -0.4 is 15.3 Å². The molecule has 0 fully saturated rings. The van der Waals surface area contributed by atoms with E-state index >= 15 is 0 Å². The second-order valence-corrected chi connectivity index (χ2v) is 7.54. The molecule has 0 radical (unpaired) electrons. The predicted octanol–water partition coefficient (Wildman–Crippen LogP) is 3.52. The molecule has 2 aromatic carbocycles. The van der Waals surface area contributed by atoms with Gasteiger partial charge >= 0.3 is 5.63 Å². The molecule has 4 rings (SSSR count). The lowest BCUT2D eigenvalue weighted by Gasteiger charge is -2.28. The second-order valence-electron chi connectivity index (χ2n) is 7.54. The molecule has 0 saturated carbocycles. The summed E-state index contributed by atoms with van der Waals surface area (Å²) in [5, 5.41) is 0.986. The van der Waals surface area contributed by atoms with Gasteiger partial charge in [-0.2, -0.15) is 0 Å². The lowest BCUT2D eigenvalue weighted by atomic mass is 9.98. The number of aryl methyl sites for hydroxylation is 2. The molecule has 1 aliphatic heterocycles. The summed E-state index contributed by atoms with van der Waals surface area (Å²) in [4.78, 5) is 13.2. The van der Waals surface area contributed by atoms with Crippen LogP contribution in [0.15, 0.2) is 45.6 Å². The van der Waals surface area contributed by atoms with E-state index in [1.54, 1.807) is 12.1 Å². The standard InChI is InChI=1S/C23H24FNO3/c1-3-4-7-16-11-21(26)28-23-15(2)22-18(10-19(16)23)13-25(14-27-22)12-17-8-5-6-9-20(17)24/h5-6,8-11H,3-4,7,12-14H2,1-2H3/p+1. The van der Waals surface area contributed by atoms with Crippen LogP contribution in [0.1, 0.15) is 42.0 Å². The first-order valence-corrected chi connectivity index (χ1v) is 9.85. The molecule has 1 aromatic heterocycles. The first kappa shape index (κ1) is 18.7. The van der Waals surface area contributed by atoms with Crippen molar-refractivity contribution >= 4 is 11.0 Å². The number of quaternary nitrogens is 1. The molecular formula is C23H25FNO3+. The van der Waals surface area contributed by atoms with Crippen LogP contribution >= 0.6 is 0 Å². The van der Waals surface area contributed by atoms with Crippen LogP contribution in [0, 0.1) is 12.7 Å². The van der Waals surface area contributed by atoms with Crippen LogP contribution in [0.2, 0.25) is 0 Å². The molecule has 146 valence electrons. The van der Waals surface area contributed by atoms with Crippen molar-refractivity contribution in [1.82, 2.24) is 0 Å². The number of ether oxygens (including phenoxy) is 1. The Morgan fingerprint density at radius 1 is 1.18 bits per heavy atom. The molecule has 0 spiro atoms. The van der Waals surface area contributed by atoms with Crippen molar-refractivity contribution in [2.45, 2.75) is 46.2 Å². The highest BCUT2D eigenvalue weighted by atomic mass is 19.1. The summed E-state index contributed by atoms with van der Waals surface area (Å²) in [7, 11) is 0. The second kappa shape index (κ2) is 7.76. The van der Waals surface area contributed by atoms with Gasteiger partial charge in [-0.05, 0) is 37.5 Å². The van der Waals surface area contributed by atoms with E-state index in [0.717, 1.165) is 58.5 Å². The molecule has 0 saturated heterocycles. The van der Waals surface area contributed by atoms with E-state index in [2.05, 4.69) is 13.0 Å². The van der Waals surface area contributed by atoms with Crippen LogP contribution in [0.3, 0.4) is 0 Å². The Labute approximate surface area is 163 Å². The maximum Gasteiger partial charge on any atom is 0.336 e.